The second kappa shape index (κ2) is 5.14. The molecule has 0 aliphatic carbocycles. The van der Waals surface area contributed by atoms with E-state index < -0.39 is 5.91 Å². The molecule has 1 saturated heterocycles. The van der Waals surface area contributed by atoms with Crippen molar-refractivity contribution in [1.29, 1.82) is 0 Å². The van der Waals surface area contributed by atoms with Gasteiger partial charge in [0.05, 0.1) is 10.6 Å². The van der Waals surface area contributed by atoms with Crippen LogP contribution in [0.3, 0.4) is 0 Å². The monoisotopic (exact) mass is 301 g/mol. The average molecular weight is 301 g/mol. The van der Waals surface area contributed by atoms with Gasteiger partial charge in [-0.15, -0.1) is 0 Å². The minimum Gasteiger partial charge on any atom is -0.508 e. The van der Waals surface area contributed by atoms with E-state index in [1.165, 1.54) is 24.3 Å². The molecule has 6 heteroatoms. The van der Waals surface area contributed by atoms with Crippen LogP contribution >= 0.6 is 11.8 Å². The lowest BCUT2D eigenvalue weighted by Gasteiger charge is -2.11. The molecule has 1 aliphatic rings. The normalized spacial score (nSPS) is 17.0. The quantitative estimate of drug-likeness (QED) is 0.859. The molecular formula is C15H11NO4S. The Morgan fingerprint density at radius 3 is 2.48 bits per heavy atom. The number of nitrogens with zero attached hydrogens (tertiary/aromatic N) is 1. The zero-order valence-corrected chi connectivity index (χ0v) is 11.9. The molecule has 0 saturated carbocycles. The molecule has 106 valence electrons. The number of phenolic OH excluding ortho intramolecular Hbond substituents is 1. The maximum Gasteiger partial charge on any atom is 0.298 e. The highest BCUT2D eigenvalue weighted by atomic mass is 32.2. The summed E-state index contributed by atoms with van der Waals surface area (Å²) in [5.74, 6) is 0.944. The van der Waals surface area contributed by atoms with Crippen molar-refractivity contribution in [2.24, 2.45) is 0 Å². The van der Waals surface area contributed by atoms with Crippen LogP contribution in [0.15, 0.2) is 45.7 Å². The summed E-state index contributed by atoms with van der Waals surface area (Å²) in [6.07, 6.45) is 1.55. The fraction of sp³-hybridized carbons (Fsp3) is 0.0667. The van der Waals surface area contributed by atoms with Gasteiger partial charge >= 0.3 is 0 Å². The minimum atomic E-state index is -0.398. The van der Waals surface area contributed by atoms with Crippen molar-refractivity contribution in [3.8, 4) is 5.75 Å². The van der Waals surface area contributed by atoms with Gasteiger partial charge in [0.1, 0.15) is 17.3 Å². The second-order valence-corrected chi connectivity index (χ2v) is 5.48. The van der Waals surface area contributed by atoms with E-state index in [0.717, 1.165) is 22.4 Å². The Kier molecular flexibility index (Phi) is 3.31. The Hall–Kier alpha value is -2.47. The van der Waals surface area contributed by atoms with E-state index in [2.05, 4.69) is 0 Å². The summed E-state index contributed by atoms with van der Waals surface area (Å²) >= 11 is 0.861. The number of furan rings is 1. The molecule has 1 aliphatic heterocycles. The van der Waals surface area contributed by atoms with Crippen LogP contribution in [0.2, 0.25) is 0 Å². The summed E-state index contributed by atoms with van der Waals surface area (Å²) in [5, 5.41) is 8.89. The number of aromatic hydroxyl groups is 1. The second-order valence-electron chi connectivity index (χ2n) is 4.48. The number of rotatable bonds is 2. The Labute approximate surface area is 124 Å². The van der Waals surface area contributed by atoms with Crippen LogP contribution in [0, 0.1) is 6.92 Å². The highest BCUT2D eigenvalue weighted by Gasteiger charge is 2.36. The highest BCUT2D eigenvalue weighted by Crippen LogP contribution is 2.36. The number of thioether (sulfide) groups is 1. The predicted octanol–water partition coefficient (Wildman–Crippen LogP) is 3.53. The van der Waals surface area contributed by atoms with Crippen molar-refractivity contribution in [3.63, 3.8) is 0 Å². The Morgan fingerprint density at radius 1 is 1.14 bits per heavy atom. The van der Waals surface area contributed by atoms with Gasteiger partial charge in [0.25, 0.3) is 11.1 Å². The molecule has 3 rings (SSSR count). The molecule has 0 radical (unpaired) electrons. The number of anilines is 1. The maximum atomic E-state index is 12.3. The van der Waals surface area contributed by atoms with Crippen LogP contribution in [0.25, 0.3) is 6.08 Å². The number of benzene rings is 1. The fourth-order valence-electron chi connectivity index (χ4n) is 1.95. The molecule has 2 heterocycles. The van der Waals surface area contributed by atoms with Crippen LogP contribution in [-0.2, 0) is 4.79 Å². The Balaban J connectivity index is 1.92. The lowest BCUT2D eigenvalue weighted by atomic mass is 10.2. The number of amides is 2. The summed E-state index contributed by atoms with van der Waals surface area (Å²) in [6, 6.07) is 9.42. The maximum absolute atomic E-state index is 12.3. The van der Waals surface area contributed by atoms with Gasteiger partial charge in [0.2, 0.25) is 0 Å². The molecule has 0 atom stereocenters. The van der Waals surface area contributed by atoms with Crippen LogP contribution in [0.4, 0.5) is 10.5 Å². The fourth-order valence-corrected chi connectivity index (χ4v) is 2.77. The van der Waals surface area contributed by atoms with Crippen molar-refractivity contribution in [1.82, 2.24) is 0 Å². The number of aryl methyl sites for hydroxylation is 1. The Bertz CT molecular complexity index is 745. The largest absolute Gasteiger partial charge is 0.508 e. The van der Waals surface area contributed by atoms with Crippen molar-refractivity contribution in [2.75, 3.05) is 4.90 Å². The lowest BCUT2D eigenvalue weighted by molar-refractivity contribution is -0.113. The summed E-state index contributed by atoms with van der Waals surface area (Å²) in [4.78, 5) is 25.7. The number of imide groups is 1. The van der Waals surface area contributed by atoms with Crippen molar-refractivity contribution in [2.45, 2.75) is 6.92 Å². The van der Waals surface area contributed by atoms with Gasteiger partial charge in [-0.25, -0.2) is 4.90 Å². The SMILES string of the molecule is Cc1ccc(/C=C2\SC(=O)N(c3ccc(O)cc3)C2=O)o1. The summed E-state index contributed by atoms with van der Waals surface area (Å²) < 4.78 is 5.38. The number of hydrogen-bond donors (Lipinski definition) is 1. The predicted molar refractivity (Wildman–Crippen MR) is 80.0 cm³/mol. The topological polar surface area (TPSA) is 70.8 Å². The van der Waals surface area contributed by atoms with Crippen LogP contribution in [0.5, 0.6) is 5.75 Å². The van der Waals surface area contributed by atoms with E-state index in [4.69, 9.17) is 4.42 Å². The van der Waals surface area contributed by atoms with Gasteiger partial charge in [0, 0.05) is 6.08 Å². The van der Waals surface area contributed by atoms with E-state index in [9.17, 15) is 14.7 Å². The molecule has 1 N–H and O–H groups in total. The van der Waals surface area contributed by atoms with E-state index in [0.29, 0.717) is 16.4 Å². The van der Waals surface area contributed by atoms with E-state index in [-0.39, 0.29) is 11.0 Å². The van der Waals surface area contributed by atoms with Crippen LogP contribution in [-0.4, -0.2) is 16.3 Å². The number of carbonyl (C=O) groups is 2. The Morgan fingerprint density at radius 2 is 1.86 bits per heavy atom. The smallest absolute Gasteiger partial charge is 0.298 e. The average Bonchev–Trinajstić information content (AvgIpc) is 2.96. The molecule has 0 bridgehead atoms. The summed E-state index contributed by atoms with van der Waals surface area (Å²) in [7, 11) is 0. The zero-order chi connectivity index (χ0) is 15.0. The number of phenols is 1. The standard InChI is InChI=1S/C15H11NO4S/c1-9-2-7-12(20-9)8-13-14(18)16(15(19)21-13)10-3-5-11(17)6-4-10/h2-8,17H,1H3/b13-8-. The van der Waals surface area contributed by atoms with E-state index in [1.807, 2.05) is 0 Å². The first-order valence-corrected chi connectivity index (χ1v) is 7.00. The summed E-state index contributed by atoms with van der Waals surface area (Å²) in [6.45, 7) is 1.81. The number of carbonyl (C=O) groups excluding carboxylic acids is 2. The van der Waals surface area contributed by atoms with Crippen molar-refractivity contribution in [3.05, 3.63) is 52.8 Å². The van der Waals surface area contributed by atoms with Crippen molar-refractivity contribution >= 4 is 34.7 Å². The van der Waals surface area contributed by atoms with Gasteiger partial charge in [0.15, 0.2) is 0 Å². The first-order valence-electron chi connectivity index (χ1n) is 6.18. The molecule has 2 amide bonds. The van der Waals surface area contributed by atoms with Gasteiger partial charge in [-0.3, -0.25) is 9.59 Å². The molecular weight excluding hydrogens is 290 g/mol. The first kappa shape index (κ1) is 13.5. The lowest BCUT2D eigenvalue weighted by Crippen LogP contribution is -2.27. The molecule has 0 spiro atoms. The minimum absolute atomic E-state index is 0.0762. The molecule has 1 aromatic carbocycles. The van der Waals surface area contributed by atoms with E-state index >= 15 is 0 Å². The van der Waals surface area contributed by atoms with Crippen LogP contribution < -0.4 is 4.90 Å². The number of hydrogen-bond acceptors (Lipinski definition) is 5. The third-order valence-corrected chi connectivity index (χ3v) is 3.81. The summed E-state index contributed by atoms with van der Waals surface area (Å²) in [5.41, 5.74) is 0.425. The molecule has 1 aromatic heterocycles. The highest BCUT2D eigenvalue weighted by molar-refractivity contribution is 8.19. The molecule has 2 aromatic rings. The van der Waals surface area contributed by atoms with Gasteiger partial charge < -0.3 is 9.52 Å². The molecule has 21 heavy (non-hydrogen) atoms. The van der Waals surface area contributed by atoms with Gasteiger partial charge in [-0.2, -0.15) is 0 Å². The zero-order valence-electron chi connectivity index (χ0n) is 11.1. The third-order valence-electron chi connectivity index (χ3n) is 2.94. The molecule has 1 fully saturated rings. The van der Waals surface area contributed by atoms with Gasteiger partial charge in [-0.05, 0) is 55.1 Å². The first-order chi connectivity index (χ1) is 10.0. The molecule has 5 nitrogen and oxygen atoms in total. The van der Waals surface area contributed by atoms with Gasteiger partial charge in [-0.1, -0.05) is 0 Å². The third kappa shape index (κ3) is 2.57. The van der Waals surface area contributed by atoms with E-state index in [1.54, 1.807) is 25.1 Å². The molecule has 0 unspecified atom stereocenters. The van der Waals surface area contributed by atoms with Crippen LogP contribution in [0.1, 0.15) is 11.5 Å². The van der Waals surface area contributed by atoms with Crippen molar-refractivity contribution < 1.29 is 19.1 Å².